The Labute approximate surface area is 114 Å². The van der Waals surface area contributed by atoms with Crippen molar-refractivity contribution in [2.45, 2.75) is 19.4 Å². The van der Waals surface area contributed by atoms with Gasteiger partial charge in [0.15, 0.2) is 0 Å². The third-order valence-electron chi connectivity index (χ3n) is 2.74. The second-order valence-corrected chi connectivity index (χ2v) is 5.58. The third-order valence-corrected chi connectivity index (χ3v) is 4.08. The molecule has 3 nitrogen and oxygen atoms in total. The number of thiophene rings is 1. The van der Waals surface area contributed by atoms with Crippen molar-refractivity contribution in [3.8, 4) is 0 Å². The highest BCUT2D eigenvalue weighted by molar-refractivity contribution is 9.10. The van der Waals surface area contributed by atoms with Crippen molar-refractivity contribution in [1.29, 1.82) is 0 Å². The standard InChI is InChI=1S/C12H16BrN3S/c1-3-14-11(6-9-4-5-17-8-9)12-10(13)7-15-16(12)2/h4-5,7-8,11,14H,3,6H2,1-2H3. The number of rotatable bonds is 5. The molecule has 2 aromatic rings. The first kappa shape index (κ1) is 12.8. The molecule has 1 N–H and O–H groups in total. The predicted molar refractivity (Wildman–Crippen MR) is 75.3 cm³/mol. The Morgan fingerprint density at radius 3 is 2.94 bits per heavy atom. The Morgan fingerprint density at radius 1 is 1.59 bits per heavy atom. The van der Waals surface area contributed by atoms with Crippen LogP contribution in [0.2, 0.25) is 0 Å². The Hall–Kier alpha value is -0.650. The van der Waals surface area contributed by atoms with Crippen LogP contribution in [0.15, 0.2) is 27.5 Å². The van der Waals surface area contributed by atoms with Gasteiger partial charge in [-0.1, -0.05) is 6.92 Å². The summed E-state index contributed by atoms with van der Waals surface area (Å²) in [5.74, 6) is 0. The van der Waals surface area contributed by atoms with Crippen LogP contribution in [0, 0.1) is 0 Å². The van der Waals surface area contributed by atoms with Crippen molar-refractivity contribution in [3.63, 3.8) is 0 Å². The molecule has 0 bridgehead atoms. The largest absolute Gasteiger partial charge is 0.309 e. The highest BCUT2D eigenvalue weighted by Crippen LogP contribution is 2.26. The summed E-state index contributed by atoms with van der Waals surface area (Å²) in [4.78, 5) is 0. The van der Waals surface area contributed by atoms with E-state index in [4.69, 9.17) is 0 Å². The Balaban J connectivity index is 2.23. The van der Waals surface area contributed by atoms with Crippen LogP contribution >= 0.6 is 27.3 Å². The number of aryl methyl sites for hydroxylation is 1. The molecule has 2 aromatic heterocycles. The van der Waals surface area contributed by atoms with Gasteiger partial charge in [-0.3, -0.25) is 4.68 Å². The van der Waals surface area contributed by atoms with Crippen molar-refractivity contribution in [2.24, 2.45) is 7.05 Å². The summed E-state index contributed by atoms with van der Waals surface area (Å²) in [5, 5.41) is 12.1. The summed E-state index contributed by atoms with van der Waals surface area (Å²) < 4.78 is 3.00. The minimum Gasteiger partial charge on any atom is -0.309 e. The van der Waals surface area contributed by atoms with Gasteiger partial charge in [-0.2, -0.15) is 16.4 Å². The maximum atomic E-state index is 4.28. The van der Waals surface area contributed by atoms with E-state index in [-0.39, 0.29) is 0 Å². The van der Waals surface area contributed by atoms with Gasteiger partial charge in [0.1, 0.15) is 0 Å². The maximum absolute atomic E-state index is 4.28. The van der Waals surface area contributed by atoms with Gasteiger partial charge in [0.05, 0.1) is 22.4 Å². The van der Waals surface area contributed by atoms with Crippen LogP contribution in [0.5, 0.6) is 0 Å². The molecule has 2 rings (SSSR count). The Bertz CT molecular complexity index is 445. The Morgan fingerprint density at radius 2 is 2.41 bits per heavy atom. The number of hydrogen-bond acceptors (Lipinski definition) is 3. The number of nitrogens with zero attached hydrogens (tertiary/aromatic N) is 2. The summed E-state index contributed by atoms with van der Waals surface area (Å²) >= 11 is 5.31. The van der Waals surface area contributed by atoms with Crippen LogP contribution in [0.4, 0.5) is 0 Å². The SMILES string of the molecule is CCNC(Cc1ccsc1)c1c(Br)cnn1C. The zero-order valence-electron chi connectivity index (χ0n) is 9.98. The van der Waals surface area contributed by atoms with Crippen molar-refractivity contribution >= 4 is 27.3 Å². The number of nitrogens with one attached hydrogen (secondary N) is 1. The van der Waals surface area contributed by atoms with Crippen LogP contribution < -0.4 is 5.32 Å². The molecule has 1 unspecified atom stereocenters. The molecule has 0 saturated carbocycles. The lowest BCUT2D eigenvalue weighted by Gasteiger charge is -2.18. The van der Waals surface area contributed by atoms with Gasteiger partial charge in [0.2, 0.25) is 0 Å². The van der Waals surface area contributed by atoms with Gasteiger partial charge in [-0.15, -0.1) is 0 Å². The van der Waals surface area contributed by atoms with E-state index in [9.17, 15) is 0 Å². The number of likely N-dealkylation sites (N-methyl/N-ethyl adjacent to an activating group) is 1. The van der Waals surface area contributed by atoms with Gasteiger partial charge >= 0.3 is 0 Å². The average molecular weight is 314 g/mol. The lowest BCUT2D eigenvalue weighted by atomic mass is 10.1. The molecule has 17 heavy (non-hydrogen) atoms. The summed E-state index contributed by atoms with van der Waals surface area (Å²) in [7, 11) is 1.98. The third kappa shape index (κ3) is 2.97. The highest BCUT2D eigenvalue weighted by atomic mass is 79.9. The quantitative estimate of drug-likeness (QED) is 0.919. The molecule has 0 aromatic carbocycles. The first-order valence-electron chi connectivity index (χ1n) is 5.64. The molecular weight excluding hydrogens is 298 g/mol. The second-order valence-electron chi connectivity index (χ2n) is 3.95. The summed E-state index contributed by atoms with van der Waals surface area (Å²) in [5.41, 5.74) is 2.58. The fourth-order valence-electron chi connectivity index (χ4n) is 1.97. The molecule has 92 valence electrons. The van der Waals surface area contributed by atoms with E-state index in [1.54, 1.807) is 11.3 Å². The number of aromatic nitrogens is 2. The van der Waals surface area contributed by atoms with E-state index in [1.165, 1.54) is 11.3 Å². The van der Waals surface area contributed by atoms with Crippen molar-refractivity contribution in [3.05, 3.63) is 38.8 Å². The van der Waals surface area contributed by atoms with E-state index >= 15 is 0 Å². The van der Waals surface area contributed by atoms with Crippen molar-refractivity contribution in [2.75, 3.05) is 6.54 Å². The lowest BCUT2D eigenvalue weighted by Crippen LogP contribution is -2.25. The van der Waals surface area contributed by atoms with Crippen LogP contribution in [-0.2, 0) is 13.5 Å². The van der Waals surface area contributed by atoms with Gasteiger partial charge in [-0.25, -0.2) is 0 Å². The molecule has 0 aliphatic heterocycles. The van der Waals surface area contributed by atoms with Crippen LogP contribution in [0.1, 0.15) is 24.2 Å². The molecule has 0 fully saturated rings. The van der Waals surface area contributed by atoms with Crippen LogP contribution in [-0.4, -0.2) is 16.3 Å². The normalized spacial score (nSPS) is 12.9. The average Bonchev–Trinajstić information content (AvgIpc) is 2.89. The summed E-state index contributed by atoms with van der Waals surface area (Å²) in [6.07, 6.45) is 2.85. The minimum atomic E-state index is 0.302. The van der Waals surface area contributed by atoms with Crippen molar-refractivity contribution in [1.82, 2.24) is 15.1 Å². The first-order chi connectivity index (χ1) is 8.22. The zero-order valence-corrected chi connectivity index (χ0v) is 12.4. The van der Waals surface area contributed by atoms with Crippen LogP contribution in [0.3, 0.4) is 0 Å². The minimum absolute atomic E-state index is 0.302. The molecule has 0 saturated heterocycles. The Kier molecular flexibility index (Phi) is 4.36. The van der Waals surface area contributed by atoms with E-state index in [2.05, 4.69) is 50.1 Å². The molecule has 0 radical (unpaired) electrons. The second kappa shape index (κ2) is 5.80. The fraction of sp³-hybridized carbons (Fsp3) is 0.417. The zero-order chi connectivity index (χ0) is 12.3. The maximum Gasteiger partial charge on any atom is 0.0695 e. The fourth-order valence-corrected chi connectivity index (χ4v) is 3.27. The first-order valence-corrected chi connectivity index (χ1v) is 7.37. The number of halogens is 1. The van der Waals surface area contributed by atoms with Crippen LogP contribution in [0.25, 0.3) is 0 Å². The predicted octanol–water partition coefficient (Wildman–Crippen LogP) is 3.14. The van der Waals surface area contributed by atoms with E-state index < -0.39 is 0 Å². The monoisotopic (exact) mass is 313 g/mol. The molecule has 5 heteroatoms. The summed E-state index contributed by atoms with van der Waals surface area (Å²) in [6, 6.07) is 2.48. The highest BCUT2D eigenvalue weighted by Gasteiger charge is 2.18. The molecule has 0 spiro atoms. The molecular formula is C12H16BrN3S. The summed E-state index contributed by atoms with van der Waals surface area (Å²) in [6.45, 7) is 3.08. The molecule has 2 heterocycles. The number of hydrogen-bond donors (Lipinski definition) is 1. The van der Waals surface area contributed by atoms with E-state index in [0.717, 1.165) is 17.4 Å². The molecule has 0 aliphatic carbocycles. The van der Waals surface area contributed by atoms with Crippen molar-refractivity contribution < 1.29 is 0 Å². The molecule has 1 atom stereocenters. The smallest absolute Gasteiger partial charge is 0.0695 e. The molecule has 0 amide bonds. The topological polar surface area (TPSA) is 29.9 Å². The van der Waals surface area contributed by atoms with Gasteiger partial charge in [0, 0.05) is 7.05 Å². The van der Waals surface area contributed by atoms with E-state index in [1.807, 2.05) is 17.9 Å². The van der Waals surface area contributed by atoms with Gasteiger partial charge < -0.3 is 5.32 Å². The van der Waals surface area contributed by atoms with Gasteiger partial charge in [-0.05, 0) is 51.3 Å². The van der Waals surface area contributed by atoms with E-state index in [0.29, 0.717) is 6.04 Å². The van der Waals surface area contributed by atoms with Gasteiger partial charge in [0.25, 0.3) is 0 Å². The molecule has 0 aliphatic rings. The lowest BCUT2D eigenvalue weighted by molar-refractivity contribution is 0.506.